The smallest absolute Gasteiger partial charge is 0.227 e. The number of carbonyl (C=O) groups is 1. The lowest BCUT2D eigenvalue weighted by atomic mass is 9.87. The lowest BCUT2D eigenvalue weighted by molar-refractivity contribution is -0.120. The summed E-state index contributed by atoms with van der Waals surface area (Å²) < 4.78 is 0. The van der Waals surface area contributed by atoms with Gasteiger partial charge >= 0.3 is 0 Å². The van der Waals surface area contributed by atoms with E-state index in [0.29, 0.717) is 5.92 Å². The van der Waals surface area contributed by atoms with Gasteiger partial charge in [0.15, 0.2) is 0 Å². The van der Waals surface area contributed by atoms with Crippen LogP contribution < -0.4 is 5.32 Å². The van der Waals surface area contributed by atoms with Gasteiger partial charge in [-0.05, 0) is 43.2 Å². The molecule has 176 valence electrons. The molecule has 1 amide bonds. The van der Waals surface area contributed by atoms with Crippen LogP contribution in [0.25, 0.3) is 11.0 Å². The highest BCUT2D eigenvalue weighted by atomic mass is 16.1. The van der Waals surface area contributed by atoms with Crippen molar-refractivity contribution in [3.63, 3.8) is 0 Å². The number of anilines is 1. The second kappa shape index (κ2) is 12.4. The van der Waals surface area contributed by atoms with Gasteiger partial charge < -0.3 is 10.3 Å². The maximum Gasteiger partial charge on any atom is 0.227 e. The van der Waals surface area contributed by atoms with Crippen LogP contribution in [0.2, 0.25) is 0 Å². The predicted molar refractivity (Wildman–Crippen MR) is 134 cm³/mol. The maximum absolute atomic E-state index is 13.5. The summed E-state index contributed by atoms with van der Waals surface area (Å²) in [7, 11) is 0. The van der Waals surface area contributed by atoms with Crippen LogP contribution in [-0.4, -0.2) is 15.9 Å². The molecule has 0 bridgehead atoms. The third kappa shape index (κ3) is 6.36. The molecule has 2 aliphatic rings. The largest absolute Gasteiger partial charge is 0.346 e. The van der Waals surface area contributed by atoms with Crippen molar-refractivity contribution in [2.75, 3.05) is 5.32 Å². The Labute approximate surface area is 194 Å². The van der Waals surface area contributed by atoms with Crippen LogP contribution in [-0.2, 0) is 4.79 Å². The lowest BCUT2D eigenvalue weighted by Crippen LogP contribution is -2.24. The van der Waals surface area contributed by atoms with Gasteiger partial charge in [-0.3, -0.25) is 4.79 Å². The van der Waals surface area contributed by atoms with Gasteiger partial charge in [-0.2, -0.15) is 0 Å². The summed E-state index contributed by atoms with van der Waals surface area (Å²) in [6, 6.07) is 2.16. The molecule has 0 saturated heterocycles. The van der Waals surface area contributed by atoms with E-state index in [9.17, 15) is 4.79 Å². The Morgan fingerprint density at radius 2 is 1.31 bits per heavy atom. The molecule has 0 aliphatic heterocycles. The van der Waals surface area contributed by atoms with Crippen LogP contribution in [0.5, 0.6) is 0 Å². The van der Waals surface area contributed by atoms with Crippen LogP contribution in [0.4, 0.5) is 5.69 Å². The Morgan fingerprint density at radius 1 is 0.781 bits per heavy atom. The molecule has 2 aromatic rings. The standard InChI is InChI=1S/C28H43N3O/c32-28(23-17-13-9-3-1-2-4-10-14-18-23)31-25-21-30-27-24(19-20-29-27)26(25)22-15-11-7-5-6-8-12-16-22/h19-23H,1-18H2,(H,29,30)(H,31,32). The Morgan fingerprint density at radius 3 is 1.91 bits per heavy atom. The number of fused-ring (bicyclic) bond motifs is 1. The number of pyridine rings is 1. The quantitative estimate of drug-likeness (QED) is 0.508. The molecule has 2 heterocycles. The first-order valence-corrected chi connectivity index (χ1v) is 13.6. The average Bonchev–Trinajstić information content (AvgIpc) is 3.29. The third-order valence-corrected chi connectivity index (χ3v) is 7.88. The molecule has 2 aromatic heterocycles. The van der Waals surface area contributed by atoms with Gasteiger partial charge in [0.25, 0.3) is 0 Å². The van der Waals surface area contributed by atoms with E-state index in [1.54, 1.807) is 0 Å². The summed E-state index contributed by atoms with van der Waals surface area (Å²) in [5, 5.41) is 4.60. The summed E-state index contributed by atoms with van der Waals surface area (Å²) in [4.78, 5) is 21.4. The summed E-state index contributed by atoms with van der Waals surface area (Å²) in [6.07, 6.45) is 26.7. The molecule has 0 unspecified atom stereocenters. The molecule has 2 saturated carbocycles. The highest BCUT2D eigenvalue weighted by Crippen LogP contribution is 2.38. The van der Waals surface area contributed by atoms with Crippen molar-refractivity contribution in [3.05, 3.63) is 24.0 Å². The summed E-state index contributed by atoms with van der Waals surface area (Å²) in [5.41, 5.74) is 3.26. The van der Waals surface area contributed by atoms with E-state index in [1.165, 1.54) is 114 Å². The molecular weight excluding hydrogens is 394 g/mol. The fourth-order valence-corrected chi connectivity index (χ4v) is 5.97. The fourth-order valence-electron chi connectivity index (χ4n) is 5.97. The maximum atomic E-state index is 13.5. The Kier molecular flexibility index (Phi) is 9.05. The first kappa shape index (κ1) is 23.3. The zero-order valence-electron chi connectivity index (χ0n) is 20.0. The van der Waals surface area contributed by atoms with Gasteiger partial charge in [0.05, 0.1) is 11.9 Å². The van der Waals surface area contributed by atoms with E-state index in [4.69, 9.17) is 0 Å². The number of H-pyrrole nitrogens is 1. The van der Waals surface area contributed by atoms with Crippen LogP contribution in [0, 0.1) is 5.92 Å². The van der Waals surface area contributed by atoms with E-state index in [2.05, 4.69) is 21.4 Å². The number of hydrogen-bond donors (Lipinski definition) is 2. The van der Waals surface area contributed by atoms with Crippen molar-refractivity contribution in [3.8, 4) is 0 Å². The number of hydrogen-bond acceptors (Lipinski definition) is 2. The Balaban J connectivity index is 1.54. The molecule has 4 rings (SSSR count). The lowest BCUT2D eigenvalue weighted by Gasteiger charge is -2.23. The van der Waals surface area contributed by atoms with E-state index in [1.807, 2.05) is 12.4 Å². The average molecular weight is 438 g/mol. The van der Waals surface area contributed by atoms with E-state index < -0.39 is 0 Å². The van der Waals surface area contributed by atoms with Crippen LogP contribution >= 0.6 is 0 Å². The monoisotopic (exact) mass is 437 g/mol. The number of nitrogens with one attached hydrogen (secondary N) is 2. The normalized spacial score (nSPS) is 21.2. The number of nitrogens with zero attached hydrogens (tertiary/aromatic N) is 1. The Hall–Kier alpha value is -1.84. The van der Waals surface area contributed by atoms with Crippen molar-refractivity contribution in [2.45, 2.75) is 121 Å². The van der Waals surface area contributed by atoms with Crippen LogP contribution in [0.15, 0.2) is 18.5 Å². The molecule has 0 atom stereocenters. The minimum atomic E-state index is 0.142. The molecule has 32 heavy (non-hydrogen) atoms. The number of carbonyl (C=O) groups excluding carboxylic acids is 1. The topological polar surface area (TPSA) is 57.8 Å². The molecule has 4 nitrogen and oxygen atoms in total. The first-order chi connectivity index (χ1) is 15.8. The highest BCUT2D eigenvalue weighted by Gasteiger charge is 2.24. The zero-order chi connectivity index (χ0) is 22.0. The number of rotatable bonds is 3. The van der Waals surface area contributed by atoms with E-state index in [-0.39, 0.29) is 11.8 Å². The molecule has 4 heteroatoms. The van der Waals surface area contributed by atoms with Crippen molar-refractivity contribution < 1.29 is 4.79 Å². The minimum Gasteiger partial charge on any atom is -0.346 e. The van der Waals surface area contributed by atoms with Crippen LogP contribution in [0.1, 0.15) is 127 Å². The molecule has 0 radical (unpaired) electrons. The molecule has 2 N–H and O–H groups in total. The van der Waals surface area contributed by atoms with Gasteiger partial charge in [0.2, 0.25) is 5.91 Å². The SMILES string of the molecule is O=C(Nc1cnc2[nH]ccc2c1C1CCCCCCCC1)C1CCCCCCCCCC1. The number of aromatic nitrogens is 2. The van der Waals surface area contributed by atoms with Crippen molar-refractivity contribution in [2.24, 2.45) is 5.92 Å². The van der Waals surface area contributed by atoms with Gasteiger partial charge in [-0.15, -0.1) is 0 Å². The second-order valence-electron chi connectivity index (χ2n) is 10.3. The molecule has 2 aliphatic carbocycles. The van der Waals surface area contributed by atoms with Gasteiger partial charge in [0.1, 0.15) is 5.65 Å². The first-order valence-electron chi connectivity index (χ1n) is 13.6. The predicted octanol–water partition coefficient (Wildman–Crippen LogP) is 8.25. The van der Waals surface area contributed by atoms with Crippen molar-refractivity contribution in [1.82, 2.24) is 9.97 Å². The fraction of sp³-hybridized carbons (Fsp3) is 0.714. The summed E-state index contributed by atoms with van der Waals surface area (Å²) in [5.74, 6) is 0.880. The summed E-state index contributed by atoms with van der Waals surface area (Å²) in [6.45, 7) is 0. The Bertz CT molecular complexity index is 820. The van der Waals surface area contributed by atoms with E-state index in [0.717, 1.165) is 24.2 Å². The molecule has 2 fully saturated rings. The van der Waals surface area contributed by atoms with Crippen LogP contribution in [0.3, 0.4) is 0 Å². The molecule has 0 aromatic carbocycles. The van der Waals surface area contributed by atoms with Crippen molar-refractivity contribution >= 4 is 22.6 Å². The van der Waals surface area contributed by atoms with Gasteiger partial charge in [-0.1, -0.05) is 89.9 Å². The number of aromatic amines is 1. The minimum absolute atomic E-state index is 0.142. The summed E-state index contributed by atoms with van der Waals surface area (Å²) >= 11 is 0. The molecule has 0 spiro atoms. The van der Waals surface area contributed by atoms with E-state index >= 15 is 0 Å². The zero-order valence-corrected chi connectivity index (χ0v) is 20.0. The van der Waals surface area contributed by atoms with Crippen molar-refractivity contribution in [1.29, 1.82) is 0 Å². The second-order valence-corrected chi connectivity index (χ2v) is 10.3. The van der Waals surface area contributed by atoms with Gasteiger partial charge in [0, 0.05) is 17.5 Å². The third-order valence-electron chi connectivity index (χ3n) is 7.88. The van der Waals surface area contributed by atoms with Gasteiger partial charge in [-0.25, -0.2) is 4.98 Å². The number of amides is 1. The highest BCUT2D eigenvalue weighted by molar-refractivity contribution is 5.96. The molecular formula is C28H43N3O.